The van der Waals surface area contributed by atoms with Crippen molar-refractivity contribution < 1.29 is 9.90 Å². The van der Waals surface area contributed by atoms with E-state index in [9.17, 15) is 4.79 Å². The molecule has 0 spiro atoms. The predicted octanol–water partition coefficient (Wildman–Crippen LogP) is 1.73. The summed E-state index contributed by atoms with van der Waals surface area (Å²) >= 11 is 3.32. The second-order valence-electron chi connectivity index (χ2n) is 2.81. The van der Waals surface area contributed by atoms with Gasteiger partial charge >= 0.3 is 5.97 Å². The first kappa shape index (κ1) is 9.85. The topological polar surface area (TPSA) is 68.0 Å². The third kappa shape index (κ3) is 1.89. The van der Waals surface area contributed by atoms with Crippen LogP contribution in [0.15, 0.2) is 35.3 Å². The van der Waals surface area contributed by atoms with Crippen LogP contribution < -0.4 is 0 Å². The molecule has 0 aliphatic carbocycles. The molecule has 15 heavy (non-hydrogen) atoms. The molecule has 6 heteroatoms. The highest BCUT2D eigenvalue weighted by Crippen LogP contribution is 2.21. The van der Waals surface area contributed by atoms with Gasteiger partial charge in [0.2, 0.25) is 0 Å². The number of carboxylic acid groups (broad SMARTS) is 1. The van der Waals surface area contributed by atoms with Crippen molar-refractivity contribution >= 4 is 21.9 Å². The minimum absolute atomic E-state index is 0.212. The zero-order valence-corrected chi connectivity index (χ0v) is 9.05. The SMILES string of the molecule is O=C(O)c1ccc(Br)c(-n2cncn2)c1. The highest BCUT2D eigenvalue weighted by molar-refractivity contribution is 9.10. The van der Waals surface area contributed by atoms with E-state index in [1.165, 1.54) is 29.5 Å². The fourth-order valence-electron chi connectivity index (χ4n) is 1.15. The summed E-state index contributed by atoms with van der Waals surface area (Å²) in [6, 6.07) is 4.72. The lowest BCUT2D eigenvalue weighted by atomic mass is 10.2. The van der Waals surface area contributed by atoms with Crippen LogP contribution in [-0.2, 0) is 0 Å². The van der Waals surface area contributed by atoms with Crippen LogP contribution in [0.1, 0.15) is 10.4 Å². The van der Waals surface area contributed by atoms with Gasteiger partial charge < -0.3 is 5.11 Å². The minimum atomic E-state index is -0.969. The van der Waals surface area contributed by atoms with Gasteiger partial charge in [-0.1, -0.05) is 0 Å². The van der Waals surface area contributed by atoms with E-state index in [0.717, 1.165) is 4.47 Å². The number of halogens is 1. The average Bonchev–Trinajstić information content (AvgIpc) is 2.71. The third-order valence-electron chi connectivity index (χ3n) is 1.86. The maximum Gasteiger partial charge on any atom is 0.335 e. The minimum Gasteiger partial charge on any atom is -0.478 e. The predicted molar refractivity (Wildman–Crippen MR) is 56.0 cm³/mol. The van der Waals surface area contributed by atoms with Crippen molar-refractivity contribution in [2.75, 3.05) is 0 Å². The van der Waals surface area contributed by atoms with E-state index < -0.39 is 5.97 Å². The molecule has 2 aromatic rings. The van der Waals surface area contributed by atoms with Gasteiger partial charge in [0.15, 0.2) is 0 Å². The molecule has 76 valence electrons. The van der Waals surface area contributed by atoms with Gasteiger partial charge in [-0.3, -0.25) is 0 Å². The third-order valence-corrected chi connectivity index (χ3v) is 2.53. The summed E-state index contributed by atoms with van der Waals surface area (Å²) in [6.07, 6.45) is 2.89. The largest absolute Gasteiger partial charge is 0.478 e. The van der Waals surface area contributed by atoms with Gasteiger partial charge in [0, 0.05) is 4.47 Å². The van der Waals surface area contributed by atoms with Crippen LogP contribution in [0.5, 0.6) is 0 Å². The fraction of sp³-hybridized carbons (Fsp3) is 0. The van der Waals surface area contributed by atoms with Crippen LogP contribution in [-0.4, -0.2) is 25.8 Å². The molecule has 0 aliphatic rings. The fourth-order valence-corrected chi connectivity index (χ4v) is 1.58. The highest BCUT2D eigenvalue weighted by Gasteiger charge is 2.08. The quantitative estimate of drug-likeness (QED) is 0.900. The summed E-state index contributed by atoms with van der Waals surface area (Å²) in [5, 5.41) is 12.8. The van der Waals surface area contributed by atoms with Crippen molar-refractivity contribution in [1.29, 1.82) is 0 Å². The van der Waals surface area contributed by atoms with Crippen LogP contribution in [0.3, 0.4) is 0 Å². The van der Waals surface area contributed by atoms with E-state index in [2.05, 4.69) is 26.0 Å². The number of aromatic nitrogens is 3. The average molecular weight is 268 g/mol. The van der Waals surface area contributed by atoms with E-state index in [1.807, 2.05) is 0 Å². The molecule has 0 saturated carbocycles. The smallest absolute Gasteiger partial charge is 0.335 e. The van der Waals surface area contributed by atoms with Crippen molar-refractivity contribution in [3.63, 3.8) is 0 Å². The lowest BCUT2D eigenvalue weighted by Crippen LogP contribution is -2.01. The molecule has 5 nitrogen and oxygen atoms in total. The van der Waals surface area contributed by atoms with Gasteiger partial charge in [-0.2, -0.15) is 5.10 Å². The van der Waals surface area contributed by atoms with Crippen LogP contribution in [0, 0.1) is 0 Å². The zero-order valence-electron chi connectivity index (χ0n) is 7.46. The Morgan fingerprint density at radius 3 is 2.87 bits per heavy atom. The first-order chi connectivity index (χ1) is 7.18. The van der Waals surface area contributed by atoms with Crippen LogP contribution in [0.25, 0.3) is 5.69 Å². The van der Waals surface area contributed by atoms with Crippen molar-refractivity contribution in [1.82, 2.24) is 14.8 Å². The molecule has 0 unspecified atom stereocenters. The summed E-state index contributed by atoms with van der Waals surface area (Å²) in [6.45, 7) is 0. The molecule has 1 N–H and O–H groups in total. The summed E-state index contributed by atoms with van der Waals surface area (Å²) in [5.41, 5.74) is 0.858. The molecular formula is C9H6BrN3O2. The molecule has 0 aliphatic heterocycles. The number of aromatic carboxylic acids is 1. The van der Waals surface area contributed by atoms with E-state index >= 15 is 0 Å². The molecule has 2 rings (SSSR count). The Balaban J connectivity index is 2.55. The zero-order chi connectivity index (χ0) is 10.8. The van der Waals surface area contributed by atoms with E-state index in [1.54, 1.807) is 6.07 Å². The van der Waals surface area contributed by atoms with Crippen molar-refractivity contribution in [2.24, 2.45) is 0 Å². The Morgan fingerprint density at radius 1 is 1.47 bits per heavy atom. The van der Waals surface area contributed by atoms with Crippen LogP contribution >= 0.6 is 15.9 Å². The van der Waals surface area contributed by atoms with E-state index in [-0.39, 0.29) is 5.56 Å². The number of hydrogen-bond acceptors (Lipinski definition) is 3. The van der Waals surface area contributed by atoms with Crippen molar-refractivity contribution in [3.05, 3.63) is 40.9 Å². The molecule has 1 heterocycles. The Hall–Kier alpha value is -1.69. The summed E-state index contributed by atoms with van der Waals surface area (Å²) in [5.74, 6) is -0.969. The lowest BCUT2D eigenvalue weighted by molar-refractivity contribution is 0.0697. The molecule has 0 bridgehead atoms. The molecule has 1 aromatic heterocycles. The van der Waals surface area contributed by atoms with E-state index in [0.29, 0.717) is 5.69 Å². The van der Waals surface area contributed by atoms with Gasteiger partial charge in [0.1, 0.15) is 12.7 Å². The second-order valence-corrected chi connectivity index (χ2v) is 3.67. The van der Waals surface area contributed by atoms with Gasteiger partial charge in [-0.15, -0.1) is 0 Å². The number of carbonyl (C=O) groups is 1. The number of hydrogen-bond donors (Lipinski definition) is 1. The molecule has 0 atom stereocenters. The summed E-state index contributed by atoms with van der Waals surface area (Å²) < 4.78 is 2.26. The first-order valence-corrected chi connectivity index (χ1v) is 4.85. The molecule has 0 saturated heterocycles. The number of benzene rings is 1. The van der Waals surface area contributed by atoms with Crippen LogP contribution in [0.4, 0.5) is 0 Å². The van der Waals surface area contributed by atoms with Crippen molar-refractivity contribution in [2.45, 2.75) is 0 Å². The van der Waals surface area contributed by atoms with Gasteiger partial charge in [0.05, 0.1) is 11.3 Å². The maximum atomic E-state index is 10.8. The number of rotatable bonds is 2. The highest BCUT2D eigenvalue weighted by atomic mass is 79.9. The van der Waals surface area contributed by atoms with Gasteiger partial charge in [0.25, 0.3) is 0 Å². The monoisotopic (exact) mass is 267 g/mol. The van der Waals surface area contributed by atoms with E-state index in [4.69, 9.17) is 5.11 Å². The molecular weight excluding hydrogens is 262 g/mol. The molecule has 1 aromatic carbocycles. The van der Waals surface area contributed by atoms with Crippen LogP contribution in [0.2, 0.25) is 0 Å². The lowest BCUT2D eigenvalue weighted by Gasteiger charge is -2.04. The molecule has 0 amide bonds. The van der Waals surface area contributed by atoms with Crippen molar-refractivity contribution in [3.8, 4) is 5.69 Å². The normalized spacial score (nSPS) is 10.2. The maximum absolute atomic E-state index is 10.8. The number of carboxylic acids is 1. The van der Waals surface area contributed by atoms with Gasteiger partial charge in [-0.25, -0.2) is 14.5 Å². The Morgan fingerprint density at radius 2 is 2.27 bits per heavy atom. The summed E-state index contributed by atoms with van der Waals surface area (Å²) in [4.78, 5) is 14.6. The first-order valence-electron chi connectivity index (χ1n) is 4.06. The van der Waals surface area contributed by atoms with Gasteiger partial charge in [-0.05, 0) is 34.1 Å². The standard InChI is InChI=1S/C9H6BrN3O2/c10-7-2-1-6(9(14)15)3-8(7)13-5-11-4-12-13/h1-5H,(H,14,15). The Bertz CT molecular complexity index is 496. The Labute approximate surface area is 93.5 Å². The second kappa shape index (κ2) is 3.82. The Kier molecular flexibility index (Phi) is 2.51. The molecule has 0 radical (unpaired) electrons. The molecule has 0 fully saturated rings. The number of nitrogens with zero attached hydrogens (tertiary/aromatic N) is 3. The summed E-state index contributed by atoms with van der Waals surface area (Å²) in [7, 11) is 0.